The van der Waals surface area contributed by atoms with Gasteiger partial charge in [-0.3, -0.25) is 0 Å². The first-order valence-electron chi connectivity index (χ1n) is 4.89. The van der Waals surface area contributed by atoms with Crippen LogP contribution < -0.4 is 0 Å². The van der Waals surface area contributed by atoms with Gasteiger partial charge in [0.1, 0.15) is 10.8 Å². The smallest absolute Gasteiger partial charge is 0.338 e. The fourth-order valence-corrected chi connectivity index (χ4v) is 2.34. The molecule has 92 valence electrons. The van der Waals surface area contributed by atoms with E-state index in [1.807, 2.05) is 0 Å². The van der Waals surface area contributed by atoms with E-state index in [0.717, 1.165) is 6.07 Å². The van der Waals surface area contributed by atoms with Gasteiger partial charge in [0.2, 0.25) is 0 Å². The van der Waals surface area contributed by atoms with E-state index in [1.165, 1.54) is 23.9 Å². The molecule has 0 amide bonds. The summed E-state index contributed by atoms with van der Waals surface area (Å²) in [6, 6.07) is 7.23. The lowest BCUT2D eigenvalue weighted by Gasteiger charge is -2.04. The van der Waals surface area contributed by atoms with Crippen LogP contribution in [0.5, 0.6) is 0 Å². The number of rotatable bonds is 3. The van der Waals surface area contributed by atoms with Crippen LogP contribution in [-0.4, -0.2) is 16.1 Å². The number of carbonyl (C=O) groups is 1. The molecular formula is C12H7ClFNO2S. The molecule has 18 heavy (non-hydrogen) atoms. The maximum atomic E-state index is 13.2. The van der Waals surface area contributed by atoms with Crippen LogP contribution in [0.1, 0.15) is 10.4 Å². The summed E-state index contributed by atoms with van der Waals surface area (Å²) < 4.78 is 13.2. The molecule has 0 atom stereocenters. The molecule has 1 N–H and O–H groups in total. The zero-order valence-corrected chi connectivity index (χ0v) is 10.5. The Morgan fingerprint density at radius 1 is 1.39 bits per heavy atom. The Hall–Kier alpha value is -1.59. The quantitative estimate of drug-likeness (QED) is 0.932. The minimum Gasteiger partial charge on any atom is -0.478 e. The molecule has 1 aromatic carbocycles. The van der Waals surface area contributed by atoms with Crippen molar-refractivity contribution in [3.05, 3.63) is 52.9 Å². The first-order chi connectivity index (χ1) is 8.58. The van der Waals surface area contributed by atoms with Crippen molar-refractivity contribution in [2.45, 2.75) is 9.92 Å². The van der Waals surface area contributed by atoms with Crippen LogP contribution in [0.4, 0.5) is 4.39 Å². The van der Waals surface area contributed by atoms with Gasteiger partial charge in [-0.25, -0.2) is 14.2 Å². The predicted octanol–water partition coefficient (Wildman–Crippen LogP) is 3.72. The summed E-state index contributed by atoms with van der Waals surface area (Å²) in [5.41, 5.74) is -0.368. The number of carboxylic acid groups (broad SMARTS) is 1. The Bertz CT molecular complexity index is 606. The van der Waals surface area contributed by atoms with Crippen molar-refractivity contribution in [2.75, 3.05) is 0 Å². The largest absolute Gasteiger partial charge is 0.478 e. The average molecular weight is 284 g/mol. The van der Waals surface area contributed by atoms with Crippen LogP contribution in [0.2, 0.25) is 5.02 Å². The van der Waals surface area contributed by atoms with E-state index in [1.54, 1.807) is 18.3 Å². The molecule has 0 saturated heterocycles. The zero-order chi connectivity index (χ0) is 13.1. The van der Waals surface area contributed by atoms with Gasteiger partial charge in [0.05, 0.1) is 10.6 Å². The molecular weight excluding hydrogens is 277 g/mol. The summed E-state index contributed by atoms with van der Waals surface area (Å²) in [6.45, 7) is 0. The molecule has 0 aliphatic carbocycles. The van der Waals surface area contributed by atoms with Gasteiger partial charge in [-0.2, -0.15) is 0 Å². The lowest BCUT2D eigenvalue weighted by atomic mass is 10.2. The second-order valence-electron chi connectivity index (χ2n) is 3.34. The topological polar surface area (TPSA) is 50.2 Å². The number of aromatic nitrogens is 1. The highest BCUT2D eigenvalue weighted by atomic mass is 35.5. The SMILES string of the molecule is O=C(O)c1cc(Sc2ncccc2Cl)ccc1F. The summed E-state index contributed by atoms with van der Waals surface area (Å²) in [5.74, 6) is -2.07. The standard InChI is InChI=1S/C12H7ClFNO2S/c13-9-2-1-5-15-11(9)18-7-3-4-10(14)8(6-7)12(16)17/h1-6H,(H,16,17). The number of carboxylic acids is 1. The Kier molecular flexibility index (Phi) is 3.84. The molecule has 0 bridgehead atoms. The van der Waals surface area contributed by atoms with E-state index in [2.05, 4.69) is 4.98 Å². The summed E-state index contributed by atoms with van der Waals surface area (Å²) >= 11 is 7.12. The Morgan fingerprint density at radius 2 is 2.17 bits per heavy atom. The van der Waals surface area contributed by atoms with Gasteiger partial charge in [0.25, 0.3) is 0 Å². The highest BCUT2D eigenvalue weighted by Crippen LogP contribution is 2.31. The monoisotopic (exact) mass is 283 g/mol. The molecule has 0 fully saturated rings. The van der Waals surface area contributed by atoms with Gasteiger partial charge in [-0.1, -0.05) is 23.4 Å². The van der Waals surface area contributed by atoms with E-state index in [0.29, 0.717) is 14.9 Å². The van der Waals surface area contributed by atoms with Crippen molar-refractivity contribution in [3.63, 3.8) is 0 Å². The van der Waals surface area contributed by atoms with Crippen molar-refractivity contribution in [1.82, 2.24) is 4.98 Å². The van der Waals surface area contributed by atoms with Gasteiger partial charge < -0.3 is 5.11 Å². The van der Waals surface area contributed by atoms with Crippen LogP contribution in [0.15, 0.2) is 46.5 Å². The Labute approximate surface area is 112 Å². The van der Waals surface area contributed by atoms with Gasteiger partial charge in [0, 0.05) is 11.1 Å². The molecule has 2 rings (SSSR count). The van der Waals surface area contributed by atoms with Crippen LogP contribution >= 0.6 is 23.4 Å². The van der Waals surface area contributed by atoms with Crippen LogP contribution in [-0.2, 0) is 0 Å². The molecule has 6 heteroatoms. The number of hydrogen-bond donors (Lipinski definition) is 1. The number of halogens is 2. The van der Waals surface area contributed by atoms with Gasteiger partial charge in [-0.05, 0) is 30.3 Å². The third kappa shape index (κ3) is 2.80. The molecule has 0 aliphatic rings. The van der Waals surface area contributed by atoms with Crippen molar-refractivity contribution < 1.29 is 14.3 Å². The summed E-state index contributed by atoms with van der Waals surface area (Å²) in [5, 5.41) is 9.83. The number of nitrogens with zero attached hydrogens (tertiary/aromatic N) is 1. The first kappa shape index (κ1) is 12.9. The molecule has 0 radical (unpaired) electrons. The zero-order valence-electron chi connectivity index (χ0n) is 8.93. The minimum atomic E-state index is -1.30. The normalized spacial score (nSPS) is 10.3. The maximum absolute atomic E-state index is 13.2. The molecule has 3 nitrogen and oxygen atoms in total. The van der Waals surface area contributed by atoms with Crippen molar-refractivity contribution in [1.29, 1.82) is 0 Å². The van der Waals surface area contributed by atoms with Crippen molar-refractivity contribution >= 4 is 29.3 Å². The molecule has 1 aromatic heterocycles. The van der Waals surface area contributed by atoms with Crippen LogP contribution in [0, 0.1) is 5.82 Å². The number of benzene rings is 1. The van der Waals surface area contributed by atoms with Crippen molar-refractivity contribution in [3.8, 4) is 0 Å². The average Bonchev–Trinajstić information content (AvgIpc) is 2.34. The van der Waals surface area contributed by atoms with Crippen molar-refractivity contribution in [2.24, 2.45) is 0 Å². The molecule has 1 heterocycles. The molecule has 0 aliphatic heterocycles. The minimum absolute atomic E-state index is 0.368. The lowest BCUT2D eigenvalue weighted by Crippen LogP contribution is -2.00. The Balaban J connectivity index is 2.33. The Morgan fingerprint density at radius 3 is 2.83 bits per heavy atom. The summed E-state index contributed by atoms with van der Waals surface area (Å²) in [6.07, 6.45) is 1.58. The second kappa shape index (κ2) is 5.37. The molecule has 0 unspecified atom stereocenters. The fraction of sp³-hybridized carbons (Fsp3) is 0. The van der Waals surface area contributed by atoms with Gasteiger partial charge in [-0.15, -0.1) is 0 Å². The third-order valence-corrected chi connectivity index (χ3v) is 3.53. The van der Waals surface area contributed by atoms with E-state index < -0.39 is 11.8 Å². The van der Waals surface area contributed by atoms with Crippen LogP contribution in [0.25, 0.3) is 0 Å². The van der Waals surface area contributed by atoms with Crippen LogP contribution in [0.3, 0.4) is 0 Å². The number of pyridine rings is 1. The lowest BCUT2D eigenvalue weighted by molar-refractivity contribution is 0.0691. The highest BCUT2D eigenvalue weighted by Gasteiger charge is 2.12. The number of hydrogen-bond acceptors (Lipinski definition) is 3. The van der Waals surface area contributed by atoms with Gasteiger partial charge in [0.15, 0.2) is 0 Å². The third-order valence-electron chi connectivity index (χ3n) is 2.11. The predicted molar refractivity (Wildman–Crippen MR) is 66.7 cm³/mol. The maximum Gasteiger partial charge on any atom is 0.338 e. The molecule has 2 aromatic rings. The molecule has 0 spiro atoms. The first-order valence-corrected chi connectivity index (χ1v) is 6.08. The highest BCUT2D eigenvalue weighted by molar-refractivity contribution is 7.99. The second-order valence-corrected chi connectivity index (χ2v) is 4.81. The summed E-state index contributed by atoms with van der Waals surface area (Å²) in [4.78, 5) is 15.4. The fourth-order valence-electron chi connectivity index (χ4n) is 1.29. The van der Waals surface area contributed by atoms with E-state index in [9.17, 15) is 9.18 Å². The van der Waals surface area contributed by atoms with E-state index in [-0.39, 0.29) is 5.56 Å². The summed E-state index contributed by atoms with van der Waals surface area (Å²) in [7, 11) is 0. The van der Waals surface area contributed by atoms with Gasteiger partial charge >= 0.3 is 5.97 Å². The number of aromatic carboxylic acids is 1. The van der Waals surface area contributed by atoms with E-state index in [4.69, 9.17) is 16.7 Å². The molecule has 0 saturated carbocycles. The van der Waals surface area contributed by atoms with E-state index >= 15 is 0 Å².